The second-order valence-electron chi connectivity index (χ2n) is 27.0. The number of amides is 11. The third kappa shape index (κ3) is 22.6. The number of hydrogen-bond donors (Lipinski definition) is 5. The Morgan fingerprint density at radius 3 is 1.48 bits per heavy atom. The number of carbonyl (C=O) groups excluding carboxylic acids is 11. The first kappa shape index (κ1) is 81.9. The molecule has 1 aliphatic heterocycles. The molecule has 0 saturated carbocycles. The van der Waals surface area contributed by atoms with E-state index in [1.54, 1.807) is 74.5 Å². The summed E-state index contributed by atoms with van der Waals surface area (Å²) in [6.07, 6.45) is 4.38. The van der Waals surface area contributed by atoms with Crippen LogP contribution in [0.25, 0.3) is 0 Å². The average Bonchev–Trinajstić information content (AvgIpc) is 1.17. The lowest BCUT2D eigenvalue weighted by Crippen LogP contribution is -2.63. The van der Waals surface area contributed by atoms with Gasteiger partial charge in [0.1, 0.15) is 66.1 Å². The molecule has 0 spiro atoms. The van der Waals surface area contributed by atoms with Crippen molar-refractivity contribution in [2.24, 2.45) is 35.5 Å². The van der Waals surface area contributed by atoms with Crippen LogP contribution in [-0.4, -0.2) is 238 Å². The number of nitrogens with one attached hydrogen (secondary N) is 4. The molecule has 90 heavy (non-hydrogen) atoms. The van der Waals surface area contributed by atoms with Gasteiger partial charge < -0.3 is 65.4 Å². The maximum absolute atomic E-state index is 15.2. The largest absolute Gasteiger partial charge is 0.390 e. The summed E-state index contributed by atoms with van der Waals surface area (Å²) in [5.74, 6) is -10.2. The second kappa shape index (κ2) is 36.8. The van der Waals surface area contributed by atoms with Crippen LogP contribution in [0.1, 0.15) is 156 Å². The van der Waals surface area contributed by atoms with Gasteiger partial charge in [0.2, 0.25) is 59.1 Å². The summed E-state index contributed by atoms with van der Waals surface area (Å²) in [7, 11) is 9.69. The molecule has 12 atom stereocenters. The third-order valence-electron chi connectivity index (χ3n) is 16.8. The van der Waals surface area contributed by atoms with Crippen molar-refractivity contribution >= 4 is 76.7 Å². The average molecular weight is 1290 g/mol. The summed E-state index contributed by atoms with van der Waals surface area (Å²) in [6, 6.07) is -13.0. The maximum Gasteiger partial charge on any atom is 0.270 e. The van der Waals surface area contributed by atoms with Crippen LogP contribution in [0.15, 0.2) is 24.4 Å². The van der Waals surface area contributed by atoms with Crippen molar-refractivity contribution < 1.29 is 62.6 Å². The fraction of sp³-hybridized carbons (Fsp3) is 0.769. The molecule has 0 aliphatic carbocycles. The zero-order chi connectivity index (χ0) is 69.9. The van der Waals surface area contributed by atoms with E-state index in [0.29, 0.717) is 0 Å². The number of nitrogens with zero attached hydrogens (tertiary/aromatic N) is 7. The van der Waals surface area contributed by atoms with E-state index in [4.69, 9.17) is 4.74 Å². The van der Waals surface area contributed by atoms with Gasteiger partial charge in [0, 0.05) is 55.8 Å². The van der Waals surface area contributed by atoms with Crippen LogP contribution in [0.4, 0.5) is 0 Å². The Balaban J connectivity index is 4.46. The van der Waals surface area contributed by atoms with Crippen LogP contribution in [0.3, 0.4) is 0 Å². The zero-order valence-electron chi connectivity index (χ0n) is 59.0. The van der Waals surface area contributed by atoms with E-state index >= 15 is 14.4 Å². The van der Waals surface area contributed by atoms with Crippen molar-refractivity contribution in [2.45, 2.75) is 228 Å². The van der Waals surface area contributed by atoms with Crippen molar-refractivity contribution in [1.29, 1.82) is 0 Å². The minimum Gasteiger partial charge on any atom is -0.390 e. The molecule has 1 fully saturated rings. The first-order valence-corrected chi connectivity index (χ1v) is 33.1. The number of hydrogen-bond acceptors (Lipinski definition) is 14. The third-order valence-corrected chi connectivity index (χ3v) is 17.1. The number of carbonyl (C=O) groups is 11. The Morgan fingerprint density at radius 1 is 0.556 bits per heavy atom. The number of aliphatic hydroxyl groups excluding tert-OH is 1. The monoisotopic (exact) mass is 1290 g/mol. The number of thioether (sulfide) groups is 1. The summed E-state index contributed by atoms with van der Waals surface area (Å²) in [4.78, 5) is 170. The standard InChI is InChI=1S/C65H115N11O13S/c1-27-29-30-41(13)53(77)52-57(81)68-45(28-2)60(84)70(19)44(16)59(83)74(23)49(34-65(17,18)89-35-90-26)56(80)69-50(39(9)10)63(87)71(20)46(31-36(3)4)55(79)66-42(14)54(78)67-43(15)58(82)72(21)47(32-37(5)6)61(85)73(22)48(33-38(7)8)62(86)75(24)51(40(11)12)64(88)76(52)25/h27,29,36-43,45-53,77H,16,28,30-35H2,1-15,17-26H3,(H,66,79)(H,67,78)(H,68,81)(H,69,80)/b29-27+/t41-,42+,43-,45+,46+,47+,48+,49+,50+,51+,52+,53-/m1/s1. The Kier molecular flexibility index (Phi) is 33.5. The van der Waals surface area contributed by atoms with E-state index < -0.39 is 161 Å². The van der Waals surface area contributed by atoms with Gasteiger partial charge in [-0.2, -0.15) is 0 Å². The van der Waals surface area contributed by atoms with E-state index in [9.17, 15) is 43.5 Å². The second-order valence-corrected chi connectivity index (χ2v) is 27.9. The Bertz CT molecular complexity index is 2520. The highest BCUT2D eigenvalue weighted by atomic mass is 32.2. The fourth-order valence-corrected chi connectivity index (χ4v) is 11.4. The topological polar surface area (TPSA) is 288 Å². The Hall–Kier alpha value is -6.08. The van der Waals surface area contributed by atoms with Gasteiger partial charge in [0.25, 0.3) is 5.91 Å². The van der Waals surface area contributed by atoms with E-state index in [0.717, 1.165) is 14.7 Å². The molecule has 0 bridgehead atoms. The number of allylic oxidation sites excluding steroid dienone is 2. The van der Waals surface area contributed by atoms with E-state index in [2.05, 4.69) is 27.8 Å². The number of likely N-dealkylation sites (N-methyl/N-ethyl adjacent to an activating group) is 7. The molecule has 0 radical (unpaired) electrons. The summed E-state index contributed by atoms with van der Waals surface area (Å²) in [5.41, 5.74) is -1.46. The zero-order valence-corrected chi connectivity index (χ0v) is 59.8. The number of ether oxygens (including phenoxy) is 1. The van der Waals surface area contributed by atoms with Crippen LogP contribution in [0.5, 0.6) is 0 Å². The molecule has 11 amide bonds. The van der Waals surface area contributed by atoms with Crippen molar-refractivity contribution in [2.75, 3.05) is 61.5 Å². The van der Waals surface area contributed by atoms with Crippen LogP contribution in [-0.2, 0) is 57.5 Å². The molecule has 1 saturated heterocycles. The molecule has 1 heterocycles. The highest BCUT2D eigenvalue weighted by Crippen LogP contribution is 2.27. The molecular formula is C65H115N11O13S. The summed E-state index contributed by atoms with van der Waals surface area (Å²) < 4.78 is 6.12. The van der Waals surface area contributed by atoms with E-state index in [-0.39, 0.29) is 62.2 Å². The number of rotatable bonds is 18. The highest BCUT2D eigenvalue weighted by molar-refractivity contribution is 7.98. The smallest absolute Gasteiger partial charge is 0.270 e. The van der Waals surface area contributed by atoms with Gasteiger partial charge >= 0.3 is 0 Å². The fourth-order valence-electron chi connectivity index (χ4n) is 11.0. The van der Waals surface area contributed by atoms with Crippen molar-refractivity contribution in [1.82, 2.24) is 55.6 Å². The lowest BCUT2D eigenvalue weighted by Gasteiger charge is -2.41. The van der Waals surface area contributed by atoms with Crippen LogP contribution < -0.4 is 21.3 Å². The van der Waals surface area contributed by atoms with Crippen molar-refractivity contribution in [3.8, 4) is 0 Å². The van der Waals surface area contributed by atoms with Gasteiger partial charge in [0.15, 0.2) is 0 Å². The molecule has 1 rings (SSSR count). The predicted molar refractivity (Wildman–Crippen MR) is 351 cm³/mol. The predicted octanol–water partition coefficient (Wildman–Crippen LogP) is 4.24. The summed E-state index contributed by atoms with van der Waals surface area (Å²) in [5, 5.41) is 23.1. The lowest BCUT2D eigenvalue weighted by atomic mass is 9.91. The maximum atomic E-state index is 15.2. The van der Waals surface area contributed by atoms with Gasteiger partial charge in [-0.3, -0.25) is 52.7 Å². The van der Waals surface area contributed by atoms with Crippen LogP contribution >= 0.6 is 11.8 Å². The van der Waals surface area contributed by atoms with Crippen LogP contribution in [0.2, 0.25) is 0 Å². The van der Waals surface area contributed by atoms with E-state index in [1.165, 1.54) is 94.5 Å². The molecular weight excluding hydrogens is 1170 g/mol. The molecule has 25 heteroatoms. The molecule has 0 aromatic rings. The molecule has 0 aromatic carbocycles. The number of aliphatic hydroxyl groups is 1. The van der Waals surface area contributed by atoms with Crippen molar-refractivity contribution in [3.05, 3.63) is 24.4 Å². The van der Waals surface area contributed by atoms with E-state index in [1.807, 2.05) is 47.8 Å². The van der Waals surface area contributed by atoms with Gasteiger partial charge in [-0.15, -0.1) is 11.8 Å². The SMILES string of the molecule is C=C1C(=O)N(C)[C@@H](CC(C)(C)OCSC)C(=O)N[C@@H](C(C)C)C(=O)N(C)[C@@H](CC(C)C)C(=O)N[C@@H](C)C(=O)N[C@H](C)C(=O)N(C)[C@@H](CC(C)C)C(=O)N(C)[C@@H](CC(C)C)C(=O)N(C)[C@@H](C(C)C)C(=O)N(C)[C@@H]([C@H](O)[C@H](C)C/C=C/C)C(=O)N[C@@H](CC)C(=O)N1C. The first-order chi connectivity index (χ1) is 41.5. The van der Waals surface area contributed by atoms with Crippen molar-refractivity contribution in [3.63, 3.8) is 0 Å². The van der Waals surface area contributed by atoms with Crippen LogP contribution in [0, 0.1) is 35.5 Å². The molecule has 1 aliphatic rings. The summed E-state index contributed by atoms with van der Waals surface area (Å²) >= 11 is 1.39. The minimum atomic E-state index is -1.66. The van der Waals surface area contributed by atoms with Gasteiger partial charge in [0.05, 0.1) is 17.6 Å². The first-order valence-electron chi connectivity index (χ1n) is 31.7. The molecule has 0 unspecified atom stereocenters. The highest BCUT2D eigenvalue weighted by Gasteiger charge is 2.46. The van der Waals surface area contributed by atoms with Gasteiger partial charge in [-0.1, -0.05) is 102 Å². The Morgan fingerprint density at radius 2 is 1.01 bits per heavy atom. The Labute approximate surface area is 542 Å². The quantitative estimate of drug-likeness (QED) is 0.0729. The minimum absolute atomic E-state index is 0.0457. The van der Waals surface area contributed by atoms with Gasteiger partial charge in [-0.05, 0) is 108 Å². The molecule has 5 N–H and O–H groups in total. The molecule has 0 aromatic heterocycles. The van der Waals surface area contributed by atoms with Gasteiger partial charge in [-0.25, -0.2) is 0 Å². The normalized spacial score (nSPS) is 26.2. The summed E-state index contributed by atoms with van der Waals surface area (Å²) in [6.45, 7) is 33.4. The molecule has 514 valence electrons. The molecule has 24 nitrogen and oxygen atoms in total. The lowest BCUT2D eigenvalue weighted by molar-refractivity contribution is -0.157.